The second-order valence-corrected chi connectivity index (χ2v) is 4.50. The van der Waals surface area contributed by atoms with E-state index >= 15 is 0 Å². The first-order valence-corrected chi connectivity index (χ1v) is 6.01. The van der Waals surface area contributed by atoms with E-state index < -0.39 is 11.6 Å². The Bertz CT molecular complexity index is 431. The zero-order valence-electron chi connectivity index (χ0n) is 10.1. The number of hydrogen-bond donors (Lipinski definition) is 3. The summed E-state index contributed by atoms with van der Waals surface area (Å²) in [7, 11) is 0. The molecular weight excluding hydrogens is 235 g/mol. The molecule has 5 heteroatoms. The molecule has 1 heterocycles. The topological polar surface area (TPSA) is 61.4 Å². The Labute approximate surface area is 105 Å². The molecule has 1 aromatic rings. The van der Waals surface area contributed by atoms with Crippen LogP contribution in [0.3, 0.4) is 0 Å². The van der Waals surface area contributed by atoms with Crippen LogP contribution in [-0.4, -0.2) is 29.8 Å². The normalized spacial score (nSPS) is 23.0. The summed E-state index contributed by atoms with van der Waals surface area (Å²) >= 11 is 0. The van der Waals surface area contributed by atoms with Gasteiger partial charge in [0.15, 0.2) is 0 Å². The molecule has 3 N–H and O–H groups in total. The molecule has 1 unspecified atom stereocenters. The number of aliphatic hydroxyl groups is 1. The average Bonchev–Trinajstić information content (AvgIpc) is 2.84. The third-order valence-corrected chi connectivity index (χ3v) is 3.24. The number of carbonyl (C=O) groups excluding carboxylic acids is 1. The number of halogens is 1. The third kappa shape index (κ3) is 2.68. The Hall–Kier alpha value is -1.46. The maximum absolute atomic E-state index is 14.1. The first-order valence-electron chi connectivity index (χ1n) is 6.01. The maximum Gasteiger partial charge on any atom is 0.259 e. The van der Waals surface area contributed by atoms with Crippen molar-refractivity contribution in [2.75, 3.05) is 13.1 Å². The fourth-order valence-electron chi connectivity index (χ4n) is 2.07. The molecule has 18 heavy (non-hydrogen) atoms. The van der Waals surface area contributed by atoms with Gasteiger partial charge in [0.05, 0.1) is 6.61 Å². The molecule has 0 spiro atoms. The summed E-state index contributed by atoms with van der Waals surface area (Å²) in [5.74, 6) is -0.583. The standard InChI is InChI=1S/C13H17FN2O2/c14-13(5-6-15-9-13)12(18)16-7-10-3-1-2-4-11(10)8-17/h1-4,15,17H,5-9H2,(H,16,18). The van der Waals surface area contributed by atoms with E-state index in [9.17, 15) is 9.18 Å². The molecule has 1 aliphatic rings. The Morgan fingerprint density at radius 2 is 2.17 bits per heavy atom. The van der Waals surface area contributed by atoms with Gasteiger partial charge in [-0.25, -0.2) is 4.39 Å². The average molecular weight is 252 g/mol. The summed E-state index contributed by atoms with van der Waals surface area (Å²) in [6, 6.07) is 7.23. The molecule has 98 valence electrons. The van der Waals surface area contributed by atoms with E-state index in [1.165, 1.54) is 0 Å². The number of rotatable bonds is 4. The molecule has 0 bridgehead atoms. The van der Waals surface area contributed by atoms with Crippen molar-refractivity contribution in [3.63, 3.8) is 0 Å². The number of alkyl halides is 1. The minimum Gasteiger partial charge on any atom is -0.392 e. The van der Waals surface area contributed by atoms with Gasteiger partial charge in [-0.1, -0.05) is 24.3 Å². The van der Waals surface area contributed by atoms with Crippen molar-refractivity contribution in [1.29, 1.82) is 0 Å². The number of carbonyl (C=O) groups is 1. The van der Waals surface area contributed by atoms with Gasteiger partial charge in [-0.3, -0.25) is 4.79 Å². The van der Waals surface area contributed by atoms with E-state index in [2.05, 4.69) is 10.6 Å². The molecule has 1 amide bonds. The maximum atomic E-state index is 14.1. The Morgan fingerprint density at radius 3 is 2.78 bits per heavy atom. The summed E-state index contributed by atoms with van der Waals surface area (Å²) in [6.45, 7) is 0.743. The van der Waals surface area contributed by atoms with Crippen molar-refractivity contribution in [2.24, 2.45) is 0 Å². The molecule has 2 rings (SSSR count). The molecule has 0 radical (unpaired) electrons. The molecule has 1 saturated heterocycles. The fourth-order valence-corrected chi connectivity index (χ4v) is 2.07. The van der Waals surface area contributed by atoms with Gasteiger partial charge in [0.2, 0.25) is 5.67 Å². The van der Waals surface area contributed by atoms with Crippen LogP contribution in [0, 0.1) is 0 Å². The third-order valence-electron chi connectivity index (χ3n) is 3.24. The fraction of sp³-hybridized carbons (Fsp3) is 0.462. The van der Waals surface area contributed by atoms with Crippen LogP contribution in [0.5, 0.6) is 0 Å². The van der Waals surface area contributed by atoms with Crippen molar-refractivity contribution in [3.05, 3.63) is 35.4 Å². The van der Waals surface area contributed by atoms with Gasteiger partial charge < -0.3 is 15.7 Å². The zero-order valence-corrected chi connectivity index (χ0v) is 10.1. The van der Waals surface area contributed by atoms with Crippen LogP contribution in [0.25, 0.3) is 0 Å². The van der Waals surface area contributed by atoms with Crippen LogP contribution in [0.1, 0.15) is 17.5 Å². The molecular formula is C13H17FN2O2. The summed E-state index contributed by atoms with van der Waals surface area (Å²) in [6.07, 6.45) is 0.209. The van der Waals surface area contributed by atoms with Crippen molar-refractivity contribution in [2.45, 2.75) is 25.2 Å². The first kappa shape index (κ1) is 13.0. The second kappa shape index (κ2) is 5.46. The van der Waals surface area contributed by atoms with E-state index in [0.717, 1.165) is 11.1 Å². The number of aliphatic hydroxyl groups excluding tert-OH is 1. The van der Waals surface area contributed by atoms with Crippen molar-refractivity contribution >= 4 is 5.91 Å². The van der Waals surface area contributed by atoms with E-state index in [1.54, 1.807) is 6.07 Å². The van der Waals surface area contributed by atoms with Crippen LogP contribution in [0.2, 0.25) is 0 Å². The SMILES string of the molecule is O=C(NCc1ccccc1CO)C1(F)CCNC1. The summed E-state index contributed by atoms with van der Waals surface area (Å²) < 4.78 is 14.1. The highest BCUT2D eigenvalue weighted by Gasteiger charge is 2.41. The van der Waals surface area contributed by atoms with Crippen molar-refractivity contribution < 1.29 is 14.3 Å². The number of nitrogens with one attached hydrogen (secondary N) is 2. The predicted octanol–water partition coefficient (Wildman–Crippen LogP) is 0.497. The minimum absolute atomic E-state index is 0.0699. The van der Waals surface area contributed by atoms with Gasteiger partial charge in [0.1, 0.15) is 0 Å². The van der Waals surface area contributed by atoms with Gasteiger partial charge in [-0.05, 0) is 17.7 Å². The van der Waals surface area contributed by atoms with Crippen LogP contribution in [0.15, 0.2) is 24.3 Å². The van der Waals surface area contributed by atoms with Crippen LogP contribution in [-0.2, 0) is 17.9 Å². The minimum atomic E-state index is -1.80. The van der Waals surface area contributed by atoms with Gasteiger partial charge >= 0.3 is 0 Å². The Morgan fingerprint density at radius 1 is 1.44 bits per heavy atom. The van der Waals surface area contributed by atoms with Gasteiger partial charge in [0, 0.05) is 19.5 Å². The molecule has 0 aromatic heterocycles. The van der Waals surface area contributed by atoms with Crippen molar-refractivity contribution in [1.82, 2.24) is 10.6 Å². The molecule has 0 saturated carbocycles. The summed E-state index contributed by atoms with van der Waals surface area (Å²) in [5, 5.41) is 14.6. The summed E-state index contributed by atoms with van der Waals surface area (Å²) in [4.78, 5) is 11.8. The summed E-state index contributed by atoms with van der Waals surface area (Å²) in [5.41, 5.74) is -0.244. The molecule has 0 aliphatic carbocycles. The van der Waals surface area contributed by atoms with Crippen LogP contribution in [0.4, 0.5) is 4.39 Å². The monoisotopic (exact) mass is 252 g/mol. The lowest BCUT2D eigenvalue weighted by molar-refractivity contribution is -0.131. The molecule has 1 fully saturated rings. The van der Waals surface area contributed by atoms with Crippen LogP contribution >= 0.6 is 0 Å². The smallest absolute Gasteiger partial charge is 0.259 e. The highest BCUT2D eigenvalue weighted by atomic mass is 19.1. The number of hydrogen-bond acceptors (Lipinski definition) is 3. The Balaban J connectivity index is 1.97. The largest absolute Gasteiger partial charge is 0.392 e. The van der Waals surface area contributed by atoms with E-state index in [-0.39, 0.29) is 26.1 Å². The first-order chi connectivity index (χ1) is 8.65. The second-order valence-electron chi connectivity index (χ2n) is 4.50. The van der Waals surface area contributed by atoms with E-state index in [1.807, 2.05) is 18.2 Å². The highest BCUT2D eigenvalue weighted by molar-refractivity contribution is 5.85. The quantitative estimate of drug-likeness (QED) is 0.731. The highest BCUT2D eigenvalue weighted by Crippen LogP contribution is 2.20. The molecule has 1 aromatic carbocycles. The number of benzene rings is 1. The Kier molecular flexibility index (Phi) is 3.93. The van der Waals surface area contributed by atoms with Gasteiger partial charge in [-0.15, -0.1) is 0 Å². The van der Waals surface area contributed by atoms with Gasteiger partial charge in [0.25, 0.3) is 5.91 Å². The van der Waals surface area contributed by atoms with Crippen molar-refractivity contribution in [3.8, 4) is 0 Å². The lowest BCUT2D eigenvalue weighted by atomic mass is 10.0. The zero-order chi connectivity index (χ0) is 13.0. The lowest BCUT2D eigenvalue weighted by Gasteiger charge is -2.18. The lowest BCUT2D eigenvalue weighted by Crippen LogP contribution is -2.44. The molecule has 4 nitrogen and oxygen atoms in total. The number of amides is 1. The molecule has 1 atom stereocenters. The van der Waals surface area contributed by atoms with Gasteiger partial charge in [-0.2, -0.15) is 0 Å². The predicted molar refractivity (Wildman–Crippen MR) is 65.5 cm³/mol. The molecule has 1 aliphatic heterocycles. The van der Waals surface area contributed by atoms with E-state index in [0.29, 0.717) is 6.54 Å². The van der Waals surface area contributed by atoms with Crippen LogP contribution < -0.4 is 10.6 Å². The van der Waals surface area contributed by atoms with E-state index in [4.69, 9.17) is 5.11 Å².